The van der Waals surface area contributed by atoms with Gasteiger partial charge in [-0.25, -0.2) is 4.79 Å². The highest BCUT2D eigenvalue weighted by molar-refractivity contribution is 5.75. The lowest BCUT2D eigenvalue weighted by atomic mass is 10.1. The van der Waals surface area contributed by atoms with Crippen molar-refractivity contribution in [2.24, 2.45) is 7.05 Å². The number of nitrogens with zero attached hydrogens (tertiary/aromatic N) is 5. The Kier molecular flexibility index (Phi) is 6.30. The Labute approximate surface area is 209 Å². The predicted octanol–water partition coefficient (Wildman–Crippen LogP) is 2.72. The summed E-state index contributed by atoms with van der Waals surface area (Å²) in [4.78, 5) is 33.7. The number of benzene rings is 2. The van der Waals surface area contributed by atoms with Crippen molar-refractivity contribution in [2.45, 2.75) is 32.9 Å². The number of anilines is 1. The maximum Gasteiger partial charge on any atom is 0.332 e. The first-order chi connectivity index (χ1) is 17.4. The maximum atomic E-state index is 13.6. The van der Waals surface area contributed by atoms with Crippen LogP contribution >= 0.6 is 0 Å². The molecule has 2 aromatic carbocycles. The number of aromatic nitrogens is 4. The number of rotatable bonds is 7. The Balaban J connectivity index is 1.49. The quantitative estimate of drug-likeness (QED) is 0.397. The molecule has 36 heavy (non-hydrogen) atoms. The van der Waals surface area contributed by atoms with Gasteiger partial charge in [0.25, 0.3) is 5.56 Å². The van der Waals surface area contributed by atoms with Gasteiger partial charge in [0, 0.05) is 26.7 Å². The zero-order valence-corrected chi connectivity index (χ0v) is 21.2. The normalized spacial score (nSPS) is 13.2. The molecule has 0 unspecified atom stereocenters. The summed E-state index contributed by atoms with van der Waals surface area (Å²) in [5.74, 6) is 2.13. The molecule has 0 saturated heterocycles. The highest BCUT2D eigenvalue weighted by Gasteiger charge is 2.26. The number of fused-ring (bicyclic) bond motifs is 3. The molecule has 3 heterocycles. The van der Waals surface area contributed by atoms with Gasteiger partial charge in [-0.15, -0.1) is 0 Å². The Bertz CT molecular complexity index is 1530. The third-order valence-electron chi connectivity index (χ3n) is 6.88. The van der Waals surface area contributed by atoms with Crippen molar-refractivity contribution in [2.75, 3.05) is 32.2 Å². The minimum Gasteiger partial charge on any atom is -0.493 e. The molecule has 0 saturated carbocycles. The monoisotopic (exact) mass is 489 g/mol. The lowest BCUT2D eigenvalue weighted by Gasteiger charge is -2.29. The number of hydrogen-bond acceptors (Lipinski definition) is 6. The Hall–Kier alpha value is -4.01. The molecule has 188 valence electrons. The van der Waals surface area contributed by atoms with E-state index in [1.807, 2.05) is 54.0 Å². The average molecular weight is 490 g/mol. The summed E-state index contributed by atoms with van der Waals surface area (Å²) in [6, 6.07) is 13.8. The van der Waals surface area contributed by atoms with E-state index in [0.29, 0.717) is 29.2 Å². The number of aryl methyl sites for hydroxylation is 3. The van der Waals surface area contributed by atoms with E-state index < -0.39 is 0 Å². The van der Waals surface area contributed by atoms with Crippen LogP contribution in [-0.2, 0) is 26.6 Å². The largest absolute Gasteiger partial charge is 0.493 e. The molecule has 0 radical (unpaired) electrons. The molecule has 2 aromatic heterocycles. The minimum absolute atomic E-state index is 0.227. The molecule has 1 aliphatic heterocycles. The second-order valence-corrected chi connectivity index (χ2v) is 9.23. The van der Waals surface area contributed by atoms with Gasteiger partial charge in [-0.1, -0.05) is 35.9 Å². The molecule has 1 aliphatic rings. The third kappa shape index (κ3) is 4.14. The highest BCUT2D eigenvalue weighted by atomic mass is 16.5. The standard InChI is InChI=1S/C27H31N5O4/c1-18-6-8-20(9-7-18)17-32-25(33)23-24(29(2)27(32)34)28-26-30(13-5-14-31(23)26)15-12-19-10-11-21(35-3)22(16-19)36-4/h6-11,16H,5,12-15,17H2,1-4H3. The number of methoxy groups -OCH3 is 2. The van der Waals surface area contributed by atoms with E-state index in [4.69, 9.17) is 14.5 Å². The summed E-state index contributed by atoms with van der Waals surface area (Å²) in [5.41, 5.74) is 3.41. The fraction of sp³-hybridized carbons (Fsp3) is 0.370. The topological polar surface area (TPSA) is 83.5 Å². The van der Waals surface area contributed by atoms with Crippen molar-refractivity contribution < 1.29 is 9.47 Å². The zero-order chi connectivity index (χ0) is 25.4. The molecule has 0 aliphatic carbocycles. The summed E-state index contributed by atoms with van der Waals surface area (Å²) in [5, 5.41) is 0. The molecule has 0 spiro atoms. The molecule has 0 N–H and O–H groups in total. The smallest absolute Gasteiger partial charge is 0.332 e. The first-order valence-corrected chi connectivity index (χ1v) is 12.1. The molecule has 4 aromatic rings. The van der Waals surface area contributed by atoms with Gasteiger partial charge in [0.2, 0.25) is 5.95 Å². The van der Waals surface area contributed by atoms with E-state index in [-0.39, 0.29) is 17.8 Å². The van der Waals surface area contributed by atoms with Crippen LogP contribution in [0.25, 0.3) is 11.2 Å². The lowest BCUT2D eigenvalue weighted by Crippen LogP contribution is -2.40. The predicted molar refractivity (Wildman–Crippen MR) is 140 cm³/mol. The summed E-state index contributed by atoms with van der Waals surface area (Å²) < 4.78 is 15.6. The van der Waals surface area contributed by atoms with Crippen molar-refractivity contribution in [3.05, 3.63) is 80.0 Å². The fourth-order valence-electron chi connectivity index (χ4n) is 4.86. The first-order valence-electron chi connectivity index (χ1n) is 12.1. The van der Waals surface area contributed by atoms with Crippen LogP contribution in [0.5, 0.6) is 11.5 Å². The van der Waals surface area contributed by atoms with E-state index in [0.717, 1.165) is 48.6 Å². The minimum atomic E-state index is -0.361. The summed E-state index contributed by atoms with van der Waals surface area (Å²) in [7, 11) is 4.94. The molecule has 0 fully saturated rings. The summed E-state index contributed by atoms with van der Waals surface area (Å²) >= 11 is 0. The molecular weight excluding hydrogens is 458 g/mol. The van der Waals surface area contributed by atoms with Gasteiger partial charge in [0.05, 0.1) is 20.8 Å². The van der Waals surface area contributed by atoms with Crippen molar-refractivity contribution in [1.82, 2.24) is 18.7 Å². The van der Waals surface area contributed by atoms with Crippen LogP contribution in [0.2, 0.25) is 0 Å². The Morgan fingerprint density at radius 2 is 1.67 bits per heavy atom. The van der Waals surface area contributed by atoms with Gasteiger partial charge in [-0.3, -0.25) is 13.9 Å². The van der Waals surface area contributed by atoms with Crippen molar-refractivity contribution >= 4 is 17.1 Å². The van der Waals surface area contributed by atoms with E-state index in [2.05, 4.69) is 4.90 Å². The van der Waals surface area contributed by atoms with Crippen molar-refractivity contribution in [1.29, 1.82) is 0 Å². The second-order valence-electron chi connectivity index (χ2n) is 9.23. The molecular formula is C27H31N5O4. The second kappa shape index (κ2) is 9.56. The molecule has 9 heteroatoms. The summed E-state index contributed by atoms with van der Waals surface area (Å²) in [6.07, 6.45) is 1.67. The first kappa shape index (κ1) is 23.7. The maximum absolute atomic E-state index is 13.6. The molecule has 0 amide bonds. The van der Waals surface area contributed by atoms with Gasteiger partial charge in [-0.2, -0.15) is 4.98 Å². The van der Waals surface area contributed by atoms with Crippen LogP contribution in [0.15, 0.2) is 52.1 Å². The Morgan fingerprint density at radius 1 is 0.944 bits per heavy atom. The van der Waals surface area contributed by atoms with E-state index in [1.165, 1.54) is 9.13 Å². The van der Waals surface area contributed by atoms with Crippen molar-refractivity contribution in [3.8, 4) is 11.5 Å². The van der Waals surface area contributed by atoms with Gasteiger partial charge >= 0.3 is 5.69 Å². The molecule has 9 nitrogen and oxygen atoms in total. The van der Waals surface area contributed by atoms with Crippen LogP contribution in [0.3, 0.4) is 0 Å². The summed E-state index contributed by atoms with van der Waals surface area (Å²) in [6.45, 7) is 4.49. The molecule has 0 bridgehead atoms. The SMILES string of the molecule is COc1ccc(CCN2CCCn3c2nc2c3c(=O)n(Cc3ccc(C)cc3)c(=O)n2C)cc1OC. The van der Waals surface area contributed by atoms with Crippen LogP contribution in [0.1, 0.15) is 23.1 Å². The Morgan fingerprint density at radius 3 is 2.39 bits per heavy atom. The van der Waals surface area contributed by atoms with Crippen LogP contribution in [0, 0.1) is 6.92 Å². The number of ether oxygens (including phenoxy) is 2. The van der Waals surface area contributed by atoms with Gasteiger partial charge in [-0.05, 0) is 43.0 Å². The van der Waals surface area contributed by atoms with E-state index in [1.54, 1.807) is 21.3 Å². The van der Waals surface area contributed by atoms with E-state index >= 15 is 0 Å². The zero-order valence-electron chi connectivity index (χ0n) is 21.2. The number of imidazole rings is 1. The van der Waals surface area contributed by atoms with Crippen LogP contribution in [-0.4, -0.2) is 46.0 Å². The van der Waals surface area contributed by atoms with Crippen molar-refractivity contribution in [3.63, 3.8) is 0 Å². The van der Waals surface area contributed by atoms with Gasteiger partial charge < -0.3 is 18.9 Å². The van der Waals surface area contributed by atoms with Gasteiger partial charge in [0.1, 0.15) is 0 Å². The molecule has 5 rings (SSSR count). The van der Waals surface area contributed by atoms with E-state index in [9.17, 15) is 9.59 Å². The van der Waals surface area contributed by atoms with Crippen LogP contribution in [0.4, 0.5) is 5.95 Å². The number of hydrogen-bond donors (Lipinski definition) is 0. The van der Waals surface area contributed by atoms with Gasteiger partial charge in [0.15, 0.2) is 22.7 Å². The lowest BCUT2D eigenvalue weighted by molar-refractivity contribution is 0.354. The average Bonchev–Trinajstić information content (AvgIpc) is 3.30. The highest BCUT2D eigenvalue weighted by Crippen LogP contribution is 2.29. The third-order valence-corrected chi connectivity index (χ3v) is 6.88. The molecule has 0 atom stereocenters. The fourth-order valence-corrected chi connectivity index (χ4v) is 4.86. The van der Waals surface area contributed by atoms with Crippen LogP contribution < -0.4 is 25.6 Å².